The van der Waals surface area contributed by atoms with Crippen LogP contribution in [-0.4, -0.2) is 18.2 Å². The van der Waals surface area contributed by atoms with Crippen molar-refractivity contribution in [3.05, 3.63) is 29.6 Å². The molecular weight excluding hydrogens is 229 g/mol. The quantitative estimate of drug-likeness (QED) is 0.864. The van der Waals surface area contributed by atoms with Crippen molar-refractivity contribution in [1.29, 1.82) is 0 Å². The lowest BCUT2D eigenvalue weighted by Crippen LogP contribution is -2.31. The lowest BCUT2D eigenvalue weighted by molar-refractivity contribution is 0.199. The van der Waals surface area contributed by atoms with E-state index < -0.39 is 6.10 Å². The molecular formula is C15H24FNO. The number of hydrogen-bond acceptors (Lipinski definition) is 2. The highest BCUT2D eigenvalue weighted by Crippen LogP contribution is 2.30. The molecule has 2 atom stereocenters. The number of para-hydroxylation sites is 1. The minimum absolute atomic E-state index is 0.236. The van der Waals surface area contributed by atoms with Crippen LogP contribution in [0.1, 0.15) is 45.8 Å². The van der Waals surface area contributed by atoms with Crippen molar-refractivity contribution in [2.24, 2.45) is 5.92 Å². The summed E-state index contributed by atoms with van der Waals surface area (Å²) >= 11 is 0. The van der Waals surface area contributed by atoms with E-state index in [-0.39, 0.29) is 11.9 Å². The lowest BCUT2D eigenvalue weighted by Gasteiger charge is -2.31. The molecule has 1 unspecified atom stereocenters. The summed E-state index contributed by atoms with van der Waals surface area (Å²) < 4.78 is 14.0. The molecule has 1 rings (SSSR count). The second kappa shape index (κ2) is 6.19. The molecule has 0 spiro atoms. The summed E-state index contributed by atoms with van der Waals surface area (Å²) in [5.41, 5.74) is 1.16. The molecule has 0 heterocycles. The van der Waals surface area contributed by atoms with Crippen molar-refractivity contribution < 1.29 is 9.50 Å². The molecule has 0 aliphatic heterocycles. The minimum Gasteiger partial charge on any atom is -0.389 e. The fourth-order valence-electron chi connectivity index (χ4n) is 2.30. The van der Waals surface area contributed by atoms with E-state index in [1.165, 1.54) is 6.07 Å². The highest BCUT2D eigenvalue weighted by Gasteiger charge is 2.20. The summed E-state index contributed by atoms with van der Waals surface area (Å²) in [4.78, 5) is 1.93. The van der Waals surface area contributed by atoms with Gasteiger partial charge in [0.25, 0.3) is 0 Å². The number of anilines is 1. The largest absolute Gasteiger partial charge is 0.389 e. The number of rotatable bonds is 5. The molecule has 0 aromatic heterocycles. The van der Waals surface area contributed by atoms with E-state index in [1.807, 2.05) is 11.9 Å². The Labute approximate surface area is 109 Å². The Morgan fingerprint density at radius 2 is 1.83 bits per heavy atom. The summed E-state index contributed by atoms with van der Waals surface area (Å²) in [6, 6.07) is 5.10. The maximum atomic E-state index is 14.0. The SMILES string of the molecule is CC(C)CC(C)N(C)c1c(F)cccc1[C@@H](C)O. The van der Waals surface area contributed by atoms with E-state index in [9.17, 15) is 9.50 Å². The van der Waals surface area contributed by atoms with Crippen molar-refractivity contribution in [3.8, 4) is 0 Å². The average Bonchev–Trinajstić information content (AvgIpc) is 2.26. The predicted octanol–water partition coefficient (Wildman–Crippen LogP) is 3.75. The maximum absolute atomic E-state index is 14.0. The van der Waals surface area contributed by atoms with Gasteiger partial charge in [0.15, 0.2) is 0 Å². The van der Waals surface area contributed by atoms with E-state index in [0.717, 1.165) is 6.42 Å². The van der Waals surface area contributed by atoms with Gasteiger partial charge in [0, 0.05) is 18.7 Å². The minimum atomic E-state index is -0.663. The highest BCUT2D eigenvalue weighted by molar-refractivity contribution is 5.55. The molecule has 1 aromatic rings. The van der Waals surface area contributed by atoms with Gasteiger partial charge in [-0.2, -0.15) is 0 Å². The van der Waals surface area contributed by atoms with Crippen molar-refractivity contribution in [2.75, 3.05) is 11.9 Å². The van der Waals surface area contributed by atoms with Crippen LogP contribution in [0.15, 0.2) is 18.2 Å². The molecule has 0 fully saturated rings. The van der Waals surface area contributed by atoms with E-state index in [2.05, 4.69) is 20.8 Å². The number of hydrogen-bond donors (Lipinski definition) is 1. The number of aliphatic hydroxyl groups is 1. The second-order valence-corrected chi connectivity index (χ2v) is 5.44. The van der Waals surface area contributed by atoms with Gasteiger partial charge >= 0.3 is 0 Å². The summed E-state index contributed by atoms with van der Waals surface area (Å²) in [5, 5.41) is 9.75. The third-order valence-corrected chi connectivity index (χ3v) is 3.29. The average molecular weight is 253 g/mol. The predicted molar refractivity (Wildman–Crippen MR) is 74.4 cm³/mol. The van der Waals surface area contributed by atoms with Crippen LogP contribution < -0.4 is 4.90 Å². The first kappa shape index (κ1) is 15.0. The van der Waals surface area contributed by atoms with Crippen LogP contribution in [0.5, 0.6) is 0 Å². The van der Waals surface area contributed by atoms with Gasteiger partial charge in [-0.1, -0.05) is 26.0 Å². The van der Waals surface area contributed by atoms with Gasteiger partial charge < -0.3 is 10.0 Å². The molecule has 0 aliphatic carbocycles. The van der Waals surface area contributed by atoms with Crippen molar-refractivity contribution >= 4 is 5.69 Å². The summed E-state index contributed by atoms with van der Waals surface area (Å²) in [5.74, 6) is 0.288. The first-order chi connectivity index (χ1) is 8.34. The molecule has 1 aromatic carbocycles. The van der Waals surface area contributed by atoms with Crippen LogP contribution in [0.4, 0.5) is 10.1 Å². The normalized spacial score (nSPS) is 14.7. The Balaban J connectivity index is 3.07. The Morgan fingerprint density at radius 3 is 2.33 bits per heavy atom. The lowest BCUT2D eigenvalue weighted by atomic mass is 10.0. The van der Waals surface area contributed by atoms with Crippen molar-refractivity contribution in [3.63, 3.8) is 0 Å². The summed E-state index contributed by atoms with van der Waals surface area (Å²) in [6.45, 7) is 8.06. The molecule has 0 bridgehead atoms. The molecule has 1 N–H and O–H groups in total. The number of halogens is 1. The topological polar surface area (TPSA) is 23.5 Å². The molecule has 0 saturated carbocycles. The standard InChI is InChI=1S/C15H24FNO/c1-10(2)9-11(3)17(5)15-13(12(4)18)7-6-8-14(15)16/h6-8,10-12,18H,9H2,1-5H3/t11?,12-/m1/s1. The zero-order valence-electron chi connectivity index (χ0n) is 11.9. The first-order valence-electron chi connectivity index (χ1n) is 6.53. The fourth-order valence-corrected chi connectivity index (χ4v) is 2.30. The van der Waals surface area contributed by atoms with Crippen LogP contribution in [0.25, 0.3) is 0 Å². The van der Waals surface area contributed by atoms with Gasteiger partial charge in [-0.3, -0.25) is 0 Å². The molecule has 0 radical (unpaired) electrons. The zero-order valence-corrected chi connectivity index (χ0v) is 11.9. The van der Waals surface area contributed by atoms with Crippen LogP contribution in [0.3, 0.4) is 0 Å². The number of nitrogens with zero attached hydrogens (tertiary/aromatic N) is 1. The van der Waals surface area contributed by atoms with Crippen LogP contribution in [-0.2, 0) is 0 Å². The molecule has 2 nitrogen and oxygen atoms in total. The fraction of sp³-hybridized carbons (Fsp3) is 0.600. The van der Waals surface area contributed by atoms with E-state index in [4.69, 9.17) is 0 Å². The molecule has 18 heavy (non-hydrogen) atoms. The third kappa shape index (κ3) is 3.45. The number of benzene rings is 1. The van der Waals surface area contributed by atoms with E-state index >= 15 is 0 Å². The van der Waals surface area contributed by atoms with Gasteiger partial charge in [0.2, 0.25) is 0 Å². The van der Waals surface area contributed by atoms with Crippen LogP contribution in [0, 0.1) is 11.7 Å². The summed E-state index contributed by atoms with van der Waals surface area (Å²) in [7, 11) is 1.89. The van der Waals surface area contributed by atoms with E-state index in [0.29, 0.717) is 17.2 Å². The molecule has 3 heteroatoms. The number of aliphatic hydroxyl groups excluding tert-OH is 1. The molecule has 0 amide bonds. The van der Waals surface area contributed by atoms with Crippen molar-refractivity contribution in [1.82, 2.24) is 0 Å². The van der Waals surface area contributed by atoms with Crippen molar-refractivity contribution in [2.45, 2.75) is 46.3 Å². The second-order valence-electron chi connectivity index (χ2n) is 5.44. The smallest absolute Gasteiger partial charge is 0.146 e. The van der Waals surface area contributed by atoms with E-state index in [1.54, 1.807) is 19.1 Å². The van der Waals surface area contributed by atoms with Gasteiger partial charge in [-0.05, 0) is 32.3 Å². The Morgan fingerprint density at radius 1 is 1.22 bits per heavy atom. The van der Waals surface area contributed by atoms with Gasteiger partial charge in [0.1, 0.15) is 5.82 Å². The van der Waals surface area contributed by atoms with Gasteiger partial charge in [0.05, 0.1) is 11.8 Å². The van der Waals surface area contributed by atoms with Crippen LogP contribution in [0.2, 0.25) is 0 Å². The van der Waals surface area contributed by atoms with Gasteiger partial charge in [-0.25, -0.2) is 4.39 Å². The van der Waals surface area contributed by atoms with Gasteiger partial charge in [-0.15, -0.1) is 0 Å². The Kier molecular flexibility index (Phi) is 5.15. The summed E-state index contributed by atoms with van der Waals surface area (Å²) in [6.07, 6.45) is 0.328. The highest BCUT2D eigenvalue weighted by atomic mass is 19.1. The molecule has 0 aliphatic rings. The maximum Gasteiger partial charge on any atom is 0.146 e. The van der Waals surface area contributed by atoms with Crippen LogP contribution >= 0.6 is 0 Å². The molecule has 0 saturated heterocycles. The zero-order chi connectivity index (χ0) is 13.9. The third-order valence-electron chi connectivity index (χ3n) is 3.29. The monoisotopic (exact) mass is 253 g/mol. The Hall–Kier alpha value is -1.09. The first-order valence-corrected chi connectivity index (χ1v) is 6.53. The molecule has 102 valence electrons. The Bertz CT molecular complexity index is 390.